The first-order valence-electron chi connectivity index (χ1n) is 18.5. The van der Waals surface area contributed by atoms with E-state index in [0.29, 0.717) is 17.9 Å². The zero-order valence-electron chi connectivity index (χ0n) is 32.3. The highest BCUT2D eigenvalue weighted by atomic mass is 79.9. The van der Waals surface area contributed by atoms with Crippen molar-refractivity contribution in [2.75, 3.05) is 33.4 Å². The highest BCUT2D eigenvalue weighted by Crippen LogP contribution is 2.51. The lowest BCUT2D eigenvalue weighted by Gasteiger charge is -2.46. The molecule has 1 aromatic heterocycles. The number of nitrogens with one attached hydrogen (secondary N) is 1. The fourth-order valence-corrected chi connectivity index (χ4v) is 7.48. The monoisotopic (exact) mass is 720 g/mol. The number of hydrogen-bond donors (Lipinski definition) is 1. The zero-order valence-corrected chi connectivity index (χ0v) is 33.8. The Kier molecular flexibility index (Phi) is 19.6. The maximum atomic E-state index is 12.6. The SMILES string of the molecule is CC.CC.CC.CC[C@@H](CN1CCC(C2C3=C(C=NCC3(C)C)CCc3cc(Br)cnc32)C[C@@H]1CCCOC)NC(=O)OC(C)(C)C. The minimum Gasteiger partial charge on any atom is -0.444 e. The van der Waals surface area contributed by atoms with Crippen molar-refractivity contribution in [2.24, 2.45) is 16.3 Å². The van der Waals surface area contributed by atoms with Gasteiger partial charge in [-0.05, 0) is 117 Å². The molecular weight excluding hydrogens is 652 g/mol. The van der Waals surface area contributed by atoms with Gasteiger partial charge in [0, 0.05) is 67.1 Å². The number of carbonyl (C=O) groups excluding carboxylic acids is 1. The summed E-state index contributed by atoms with van der Waals surface area (Å²) in [4.78, 5) is 25.1. The number of pyridine rings is 1. The Morgan fingerprint density at radius 2 is 1.83 bits per heavy atom. The first-order valence-corrected chi connectivity index (χ1v) is 19.3. The molecule has 1 fully saturated rings. The van der Waals surface area contributed by atoms with Crippen LogP contribution >= 0.6 is 15.9 Å². The number of rotatable bonds is 9. The molecule has 0 aromatic carbocycles. The number of carbonyl (C=O) groups is 1. The third kappa shape index (κ3) is 12.9. The summed E-state index contributed by atoms with van der Waals surface area (Å²) < 4.78 is 12.1. The molecule has 3 heterocycles. The number of aliphatic imine (C=N–C) groups is 1. The van der Waals surface area contributed by atoms with E-state index in [4.69, 9.17) is 19.5 Å². The average Bonchev–Trinajstić information content (AvgIpc) is 3.21. The van der Waals surface area contributed by atoms with E-state index in [0.717, 1.165) is 75.7 Å². The first-order chi connectivity index (χ1) is 22.4. The number of fused-ring (bicyclic) bond motifs is 1. The van der Waals surface area contributed by atoms with Gasteiger partial charge >= 0.3 is 6.09 Å². The summed E-state index contributed by atoms with van der Waals surface area (Å²) >= 11 is 3.69. The minimum absolute atomic E-state index is 0.0123. The molecule has 7 nitrogen and oxygen atoms in total. The lowest BCUT2D eigenvalue weighted by atomic mass is 9.65. The molecule has 2 unspecified atom stereocenters. The van der Waals surface area contributed by atoms with E-state index in [1.165, 1.54) is 16.8 Å². The van der Waals surface area contributed by atoms with Crippen LogP contribution in [0, 0.1) is 11.3 Å². The summed E-state index contributed by atoms with van der Waals surface area (Å²) in [7, 11) is 1.78. The summed E-state index contributed by atoms with van der Waals surface area (Å²) in [5, 5.41) is 3.14. The number of aromatic nitrogens is 1. The van der Waals surface area contributed by atoms with Gasteiger partial charge in [0.05, 0.1) is 5.69 Å². The second kappa shape index (κ2) is 21.3. The zero-order chi connectivity index (χ0) is 35.8. The number of ether oxygens (including phenoxy) is 2. The highest BCUT2D eigenvalue weighted by molar-refractivity contribution is 9.10. The van der Waals surface area contributed by atoms with Gasteiger partial charge in [0.2, 0.25) is 0 Å². The molecule has 4 atom stereocenters. The standard InChI is InChI=1S/C33H51BrN4O3.3C2H6/c1-8-26(37-31(39)41-32(2,3)4)20-38-14-13-22(17-27(38)10-9-15-40-7)28-29-24(18-35-21-33(29,5)6)12-11-23-16-25(34)19-36-30(23)28;3*1-2/h16,18-19,22,26-28H,8-15,17,20-21H2,1-7H3,(H,37,39);3*1-2H3/t22?,26-,27-,28?;;;/m0.../s1. The summed E-state index contributed by atoms with van der Waals surface area (Å²) in [5.74, 6) is 0.797. The van der Waals surface area contributed by atoms with Crippen molar-refractivity contribution in [2.45, 2.75) is 152 Å². The number of dihydropyridines is 1. The first kappa shape index (κ1) is 43.3. The molecule has 1 amide bonds. The van der Waals surface area contributed by atoms with Crippen LogP contribution in [0.2, 0.25) is 0 Å². The smallest absolute Gasteiger partial charge is 0.407 e. The van der Waals surface area contributed by atoms with Crippen LogP contribution in [-0.4, -0.2) is 73.2 Å². The van der Waals surface area contributed by atoms with Crippen LogP contribution in [0.5, 0.6) is 0 Å². The molecule has 4 rings (SSSR count). The lowest BCUT2D eigenvalue weighted by molar-refractivity contribution is 0.0440. The summed E-state index contributed by atoms with van der Waals surface area (Å²) in [6.07, 6.45) is 11.0. The van der Waals surface area contributed by atoms with E-state index in [1.54, 1.807) is 12.7 Å². The number of halogens is 1. The number of piperidine rings is 1. The number of methoxy groups -OCH3 is 1. The van der Waals surface area contributed by atoms with Gasteiger partial charge in [-0.2, -0.15) is 0 Å². The van der Waals surface area contributed by atoms with Crippen LogP contribution in [0.3, 0.4) is 0 Å². The van der Waals surface area contributed by atoms with Crippen LogP contribution in [0.15, 0.2) is 32.9 Å². The van der Waals surface area contributed by atoms with Gasteiger partial charge in [-0.3, -0.25) is 14.9 Å². The van der Waals surface area contributed by atoms with E-state index in [9.17, 15) is 4.79 Å². The molecule has 1 aliphatic carbocycles. The van der Waals surface area contributed by atoms with Crippen molar-refractivity contribution in [3.05, 3.63) is 39.1 Å². The largest absolute Gasteiger partial charge is 0.444 e. The average molecular weight is 722 g/mol. The van der Waals surface area contributed by atoms with Crippen LogP contribution in [0.25, 0.3) is 0 Å². The Hall–Kier alpha value is -1.77. The normalized spacial score (nSPS) is 22.4. The van der Waals surface area contributed by atoms with Crippen molar-refractivity contribution < 1.29 is 14.3 Å². The van der Waals surface area contributed by atoms with Crippen LogP contribution in [-0.2, 0) is 15.9 Å². The summed E-state index contributed by atoms with van der Waals surface area (Å²) in [6.45, 7) is 28.0. The number of aryl methyl sites for hydroxylation is 1. The third-order valence-electron chi connectivity index (χ3n) is 8.95. The summed E-state index contributed by atoms with van der Waals surface area (Å²) in [6, 6.07) is 2.76. The van der Waals surface area contributed by atoms with E-state index in [2.05, 4.69) is 59.2 Å². The number of alkyl carbamates (subject to hydrolysis) is 1. The molecule has 3 aliphatic rings. The molecule has 1 N–H and O–H groups in total. The Bertz CT molecular complexity index is 1130. The Morgan fingerprint density at radius 1 is 1.15 bits per heavy atom. The van der Waals surface area contributed by atoms with Crippen molar-refractivity contribution in [1.29, 1.82) is 0 Å². The van der Waals surface area contributed by atoms with Crippen molar-refractivity contribution >= 4 is 28.2 Å². The van der Waals surface area contributed by atoms with E-state index in [1.807, 2.05) is 68.5 Å². The van der Waals surface area contributed by atoms with Crippen LogP contribution in [0.1, 0.15) is 139 Å². The molecule has 1 saturated heterocycles. The molecule has 270 valence electrons. The van der Waals surface area contributed by atoms with E-state index >= 15 is 0 Å². The van der Waals surface area contributed by atoms with Crippen molar-refractivity contribution in [1.82, 2.24) is 15.2 Å². The topological polar surface area (TPSA) is 76.0 Å². The number of nitrogens with zero attached hydrogens (tertiary/aromatic N) is 3. The second-order valence-corrected chi connectivity index (χ2v) is 14.7. The van der Waals surface area contributed by atoms with Gasteiger partial charge in [-0.15, -0.1) is 0 Å². The van der Waals surface area contributed by atoms with Gasteiger partial charge in [-0.25, -0.2) is 4.79 Å². The second-order valence-electron chi connectivity index (χ2n) is 13.8. The predicted octanol–water partition coefficient (Wildman–Crippen LogP) is 10.2. The van der Waals surface area contributed by atoms with Gasteiger partial charge in [0.15, 0.2) is 0 Å². The molecule has 2 aliphatic heterocycles. The van der Waals surface area contributed by atoms with Crippen molar-refractivity contribution in [3.8, 4) is 0 Å². The number of amides is 1. The molecule has 8 heteroatoms. The molecule has 1 aromatic rings. The quantitative estimate of drug-likeness (QED) is 0.257. The van der Waals surface area contributed by atoms with Gasteiger partial charge in [0.1, 0.15) is 5.60 Å². The Labute approximate surface area is 297 Å². The third-order valence-corrected chi connectivity index (χ3v) is 9.38. The highest BCUT2D eigenvalue weighted by Gasteiger charge is 2.43. The number of likely N-dealkylation sites (tertiary alicyclic amines) is 1. The van der Waals surface area contributed by atoms with E-state index < -0.39 is 5.60 Å². The maximum absolute atomic E-state index is 12.6. The Balaban J connectivity index is 0.00000174. The molecule has 0 bridgehead atoms. The van der Waals surface area contributed by atoms with Gasteiger partial charge in [0.25, 0.3) is 0 Å². The number of hydrogen-bond acceptors (Lipinski definition) is 6. The fraction of sp³-hybridized carbons (Fsp3) is 0.769. The van der Waals surface area contributed by atoms with Crippen LogP contribution < -0.4 is 5.32 Å². The molecule has 0 radical (unpaired) electrons. The molecule has 0 saturated carbocycles. The molecular formula is C39H69BrN4O3. The fourth-order valence-electron chi connectivity index (χ4n) is 7.10. The number of allylic oxidation sites excluding steroid dienone is 1. The lowest BCUT2D eigenvalue weighted by Crippen LogP contribution is -2.51. The molecule has 0 spiro atoms. The van der Waals surface area contributed by atoms with Gasteiger partial charge in [-0.1, -0.05) is 62.3 Å². The minimum atomic E-state index is -0.507. The predicted molar refractivity (Wildman–Crippen MR) is 204 cm³/mol. The Morgan fingerprint density at radius 3 is 2.45 bits per heavy atom. The summed E-state index contributed by atoms with van der Waals surface area (Å²) in [5.41, 5.74) is 5.13. The van der Waals surface area contributed by atoms with Crippen molar-refractivity contribution in [3.63, 3.8) is 0 Å². The maximum Gasteiger partial charge on any atom is 0.407 e. The van der Waals surface area contributed by atoms with Gasteiger partial charge < -0.3 is 14.8 Å². The van der Waals surface area contributed by atoms with Crippen LogP contribution in [0.4, 0.5) is 4.79 Å². The molecule has 47 heavy (non-hydrogen) atoms. The van der Waals surface area contributed by atoms with E-state index in [-0.39, 0.29) is 17.6 Å².